The number of nitroso groups, excluding NO2 is 1. The minimum Gasteiger partial charge on any atom is -0.244 e. The number of hydrogen-bond acceptors (Lipinski definition) is 3. The maximum atomic E-state index is 10.3. The predicted octanol–water partition coefficient (Wildman–Crippen LogP) is 1.83. The highest BCUT2D eigenvalue weighted by molar-refractivity contribution is 4.81. The van der Waals surface area contributed by atoms with Crippen molar-refractivity contribution in [2.75, 3.05) is 6.54 Å². The van der Waals surface area contributed by atoms with E-state index in [1.165, 1.54) is 11.4 Å². The van der Waals surface area contributed by atoms with Gasteiger partial charge in [-0.15, -0.1) is 4.91 Å². The molecule has 1 aliphatic rings. The Morgan fingerprint density at radius 1 is 1.42 bits per heavy atom. The van der Waals surface area contributed by atoms with Crippen molar-refractivity contribution in [1.29, 1.82) is 5.26 Å². The van der Waals surface area contributed by atoms with E-state index in [9.17, 15) is 4.91 Å². The zero-order valence-corrected chi connectivity index (χ0v) is 7.07. The SMILES string of the molecule is N#CCN(N=O)C1CCCCC1. The molecule has 0 aromatic heterocycles. The van der Waals surface area contributed by atoms with Crippen molar-refractivity contribution in [2.45, 2.75) is 38.1 Å². The first-order valence-corrected chi connectivity index (χ1v) is 4.35. The van der Waals surface area contributed by atoms with Crippen molar-refractivity contribution in [3.8, 4) is 6.07 Å². The summed E-state index contributed by atoms with van der Waals surface area (Å²) in [6.07, 6.45) is 5.57. The molecule has 0 aromatic rings. The van der Waals surface area contributed by atoms with Crippen LogP contribution in [-0.2, 0) is 0 Å². The summed E-state index contributed by atoms with van der Waals surface area (Å²) < 4.78 is 0. The largest absolute Gasteiger partial charge is 0.244 e. The first-order chi connectivity index (χ1) is 5.88. The van der Waals surface area contributed by atoms with Crippen molar-refractivity contribution in [3.63, 3.8) is 0 Å². The maximum absolute atomic E-state index is 10.3. The molecule has 4 heteroatoms. The van der Waals surface area contributed by atoms with Crippen LogP contribution < -0.4 is 0 Å². The number of nitrogens with zero attached hydrogens (tertiary/aromatic N) is 3. The summed E-state index contributed by atoms with van der Waals surface area (Å²) in [6.45, 7) is 0.133. The molecule has 0 radical (unpaired) electrons. The van der Waals surface area contributed by atoms with E-state index >= 15 is 0 Å². The van der Waals surface area contributed by atoms with Gasteiger partial charge in [0.2, 0.25) is 0 Å². The molecule has 66 valence electrons. The van der Waals surface area contributed by atoms with E-state index < -0.39 is 0 Å². The van der Waals surface area contributed by atoms with Crippen LogP contribution in [0.4, 0.5) is 0 Å². The van der Waals surface area contributed by atoms with Crippen LogP contribution >= 0.6 is 0 Å². The summed E-state index contributed by atoms with van der Waals surface area (Å²) in [5.74, 6) is 0. The van der Waals surface area contributed by atoms with Gasteiger partial charge in [-0.3, -0.25) is 0 Å². The summed E-state index contributed by atoms with van der Waals surface area (Å²) >= 11 is 0. The van der Waals surface area contributed by atoms with Crippen LogP contribution in [0.1, 0.15) is 32.1 Å². The molecule has 1 fully saturated rings. The quantitative estimate of drug-likeness (QED) is 0.366. The molecular formula is C8H13N3O. The molecule has 0 amide bonds. The maximum Gasteiger partial charge on any atom is 0.126 e. The van der Waals surface area contributed by atoms with Crippen molar-refractivity contribution >= 4 is 0 Å². The van der Waals surface area contributed by atoms with Crippen LogP contribution in [-0.4, -0.2) is 17.6 Å². The third kappa shape index (κ3) is 2.19. The second-order valence-electron chi connectivity index (χ2n) is 3.13. The van der Waals surface area contributed by atoms with Gasteiger partial charge in [0.05, 0.1) is 17.4 Å². The van der Waals surface area contributed by atoms with Gasteiger partial charge in [0.1, 0.15) is 6.54 Å². The number of nitriles is 1. The highest BCUT2D eigenvalue weighted by atomic mass is 16.3. The standard InChI is InChI=1S/C8H13N3O/c9-6-7-11(10-12)8-4-2-1-3-5-8/h8H,1-5,7H2. The van der Waals surface area contributed by atoms with Gasteiger partial charge in [0.25, 0.3) is 0 Å². The van der Waals surface area contributed by atoms with E-state index in [2.05, 4.69) is 5.29 Å². The molecule has 0 N–H and O–H groups in total. The van der Waals surface area contributed by atoms with Gasteiger partial charge in [-0.05, 0) is 12.8 Å². The van der Waals surface area contributed by atoms with E-state index in [1.54, 1.807) is 0 Å². The molecule has 0 saturated heterocycles. The average Bonchev–Trinajstić information content (AvgIpc) is 2.15. The van der Waals surface area contributed by atoms with Crippen LogP contribution in [0.15, 0.2) is 5.29 Å². The lowest BCUT2D eigenvalue weighted by atomic mass is 9.95. The van der Waals surface area contributed by atoms with Gasteiger partial charge in [-0.2, -0.15) is 5.26 Å². The first kappa shape index (κ1) is 8.98. The Labute approximate surface area is 72.1 Å². The van der Waals surface area contributed by atoms with Gasteiger partial charge in [0.15, 0.2) is 0 Å². The third-order valence-electron chi connectivity index (χ3n) is 2.33. The fraction of sp³-hybridized carbons (Fsp3) is 0.875. The lowest BCUT2D eigenvalue weighted by molar-refractivity contribution is 0.178. The molecule has 0 aromatic carbocycles. The topological polar surface area (TPSA) is 56.5 Å². The van der Waals surface area contributed by atoms with Crippen molar-refractivity contribution in [3.05, 3.63) is 4.91 Å². The summed E-state index contributed by atoms with van der Waals surface area (Å²) in [5.41, 5.74) is 0. The molecule has 0 aliphatic heterocycles. The molecular weight excluding hydrogens is 154 g/mol. The molecule has 0 bridgehead atoms. The fourth-order valence-corrected chi connectivity index (χ4v) is 1.68. The van der Waals surface area contributed by atoms with Crippen LogP contribution in [0.3, 0.4) is 0 Å². The second-order valence-corrected chi connectivity index (χ2v) is 3.13. The van der Waals surface area contributed by atoms with Crippen molar-refractivity contribution in [2.24, 2.45) is 5.29 Å². The van der Waals surface area contributed by atoms with Gasteiger partial charge in [-0.25, -0.2) is 5.01 Å². The molecule has 12 heavy (non-hydrogen) atoms. The lowest BCUT2D eigenvalue weighted by Crippen LogP contribution is -2.32. The van der Waals surface area contributed by atoms with Crippen molar-refractivity contribution < 1.29 is 0 Å². The predicted molar refractivity (Wildman–Crippen MR) is 45.0 cm³/mol. The van der Waals surface area contributed by atoms with Gasteiger partial charge >= 0.3 is 0 Å². The summed E-state index contributed by atoms with van der Waals surface area (Å²) in [6, 6.07) is 2.17. The van der Waals surface area contributed by atoms with Crippen LogP contribution in [0.5, 0.6) is 0 Å². The Morgan fingerprint density at radius 3 is 2.58 bits per heavy atom. The van der Waals surface area contributed by atoms with Crippen LogP contribution in [0, 0.1) is 16.2 Å². The highest BCUT2D eigenvalue weighted by Crippen LogP contribution is 2.22. The molecule has 1 rings (SSSR count). The molecule has 1 aliphatic carbocycles. The van der Waals surface area contributed by atoms with E-state index in [-0.39, 0.29) is 12.6 Å². The zero-order chi connectivity index (χ0) is 8.81. The third-order valence-corrected chi connectivity index (χ3v) is 2.33. The normalized spacial score (nSPS) is 18.2. The fourth-order valence-electron chi connectivity index (χ4n) is 1.68. The Morgan fingerprint density at radius 2 is 2.08 bits per heavy atom. The van der Waals surface area contributed by atoms with Crippen LogP contribution in [0.25, 0.3) is 0 Å². The van der Waals surface area contributed by atoms with Crippen LogP contribution in [0.2, 0.25) is 0 Å². The average molecular weight is 167 g/mol. The molecule has 0 atom stereocenters. The molecule has 0 spiro atoms. The summed E-state index contributed by atoms with van der Waals surface area (Å²) in [4.78, 5) is 10.3. The summed E-state index contributed by atoms with van der Waals surface area (Å²) in [7, 11) is 0. The van der Waals surface area contributed by atoms with E-state index in [0.29, 0.717) is 0 Å². The molecule has 0 unspecified atom stereocenters. The minimum atomic E-state index is 0.133. The molecule has 1 saturated carbocycles. The number of rotatable bonds is 3. The second kappa shape index (κ2) is 4.70. The molecule has 4 nitrogen and oxygen atoms in total. The lowest BCUT2D eigenvalue weighted by Gasteiger charge is -2.27. The monoisotopic (exact) mass is 167 g/mol. The van der Waals surface area contributed by atoms with E-state index in [1.807, 2.05) is 6.07 Å². The Kier molecular flexibility index (Phi) is 3.52. The first-order valence-electron chi connectivity index (χ1n) is 4.35. The Hall–Kier alpha value is -1.11. The van der Waals surface area contributed by atoms with Gasteiger partial charge in [-0.1, -0.05) is 19.3 Å². The van der Waals surface area contributed by atoms with E-state index in [4.69, 9.17) is 5.26 Å². The Bertz CT molecular complexity index is 181. The number of hydrogen-bond donors (Lipinski definition) is 0. The van der Waals surface area contributed by atoms with Gasteiger partial charge < -0.3 is 0 Å². The van der Waals surface area contributed by atoms with Gasteiger partial charge in [0, 0.05) is 0 Å². The molecule has 0 heterocycles. The van der Waals surface area contributed by atoms with E-state index in [0.717, 1.165) is 25.7 Å². The zero-order valence-electron chi connectivity index (χ0n) is 7.07. The highest BCUT2D eigenvalue weighted by Gasteiger charge is 2.20. The smallest absolute Gasteiger partial charge is 0.126 e. The Balaban J connectivity index is 2.41. The van der Waals surface area contributed by atoms with Crippen molar-refractivity contribution in [1.82, 2.24) is 5.01 Å². The minimum absolute atomic E-state index is 0.133. The summed E-state index contributed by atoms with van der Waals surface area (Å²) in [5, 5.41) is 12.6.